The lowest BCUT2D eigenvalue weighted by atomic mass is 9.86. The Hall–Kier alpha value is -1.06. The molecule has 0 amide bonds. The van der Waals surface area contributed by atoms with Gasteiger partial charge in [0.25, 0.3) is 0 Å². The van der Waals surface area contributed by atoms with Gasteiger partial charge in [-0.3, -0.25) is 0 Å². The Morgan fingerprint density at radius 1 is 1.30 bits per heavy atom. The van der Waals surface area contributed by atoms with Gasteiger partial charge in [0.05, 0.1) is 6.61 Å². The van der Waals surface area contributed by atoms with Crippen molar-refractivity contribution in [2.24, 2.45) is 5.41 Å². The van der Waals surface area contributed by atoms with E-state index < -0.39 is 0 Å². The number of benzene rings is 1. The van der Waals surface area contributed by atoms with Crippen molar-refractivity contribution in [3.8, 4) is 0 Å². The molecule has 1 heterocycles. The highest BCUT2D eigenvalue weighted by molar-refractivity contribution is 5.53. The van der Waals surface area contributed by atoms with Crippen LogP contribution in [0.1, 0.15) is 32.8 Å². The first-order valence-corrected chi connectivity index (χ1v) is 7.57. The molecule has 3 heteroatoms. The summed E-state index contributed by atoms with van der Waals surface area (Å²) in [5, 5.41) is 3.70. The molecule has 1 aliphatic heterocycles. The lowest BCUT2D eigenvalue weighted by Crippen LogP contribution is -2.46. The number of hydrogen-bond acceptors (Lipinski definition) is 3. The third-order valence-electron chi connectivity index (χ3n) is 4.08. The fraction of sp³-hybridized carbons (Fsp3) is 0.647. The number of nitrogens with one attached hydrogen (secondary N) is 1. The second-order valence-electron chi connectivity index (χ2n) is 6.73. The molecule has 0 aliphatic carbocycles. The summed E-state index contributed by atoms with van der Waals surface area (Å²) in [5.74, 6) is 0. The van der Waals surface area contributed by atoms with Crippen molar-refractivity contribution in [2.75, 3.05) is 31.6 Å². The normalized spacial score (nSPS) is 20.8. The molecular formula is C17H28N2O. The highest BCUT2D eigenvalue weighted by Gasteiger charge is 2.28. The van der Waals surface area contributed by atoms with Crippen LogP contribution >= 0.6 is 0 Å². The van der Waals surface area contributed by atoms with E-state index in [1.54, 1.807) is 7.11 Å². The molecule has 112 valence electrons. The lowest BCUT2D eigenvalue weighted by Gasteiger charge is -2.35. The number of para-hydroxylation sites is 1. The van der Waals surface area contributed by atoms with E-state index in [2.05, 4.69) is 55.3 Å². The molecule has 1 fully saturated rings. The lowest BCUT2D eigenvalue weighted by molar-refractivity contribution is 0.185. The Labute approximate surface area is 123 Å². The van der Waals surface area contributed by atoms with Crippen LogP contribution in [0.25, 0.3) is 0 Å². The van der Waals surface area contributed by atoms with Crippen LogP contribution in [0.2, 0.25) is 0 Å². The predicted octanol–water partition coefficient (Wildman–Crippen LogP) is 3.05. The first-order chi connectivity index (χ1) is 9.52. The van der Waals surface area contributed by atoms with Crippen LogP contribution in [0.15, 0.2) is 24.3 Å². The minimum Gasteiger partial charge on any atom is -0.380 e. The molecule has 1 aliphatic rings. The number of rotatable bonds is 3. The largest absolute Gasteiger partial charge is 0.380 e. The fourth-order valence-electron chi connectivity index (χ4n) is 2.82. The van der Waals surface area contributed by atoms with Gasteiger partial charge < -0.3 is 15.0 Å². The zero-order valence-electron chi connectivity index (χ0n) is 13.3. The maximum atomic E-state index is 5.34. The first kappa shape index (κ1) is 15.3. The Morgan fingerprint density at radius 3 is 2.75 bits per heavy atom. The van der Waals surface area contributed by atoms with Crippen LogP contribution in [0.4, 0.5) is 5.69 Å². The molecule has 0 radical (unpaired) electrons. The third kappa shape index (κ3) is 3.74. The van der Waals surface area contributed by atoms with Gasteiger partial charge in [-0.05, 0) is 24.4 Å². The molecule has 0 spiro atoms. The monoisotopic (exact) mass is 276 g/mol. The summed E-state index contributed by atoms with van der Waals surface area (Å²) in [4.78, 5) is 2.52. The molecule has 1 N–H and O–H groups in total. The van der Waals surface area contributed by atoms with Crippen molar-refractivity contribution in [3.63, 3.8) is 0 Å². The average Bonchev–Trinajstić information content (AvgIpc) is 2.65. The number of hydrogen-bond donors (Lipinski definition) is 1. The zero-order valence-corrected chi connectivity index (χ0v) is 13.3. The van der Waals surface area contributed by atoms with Crippen molar-refractivity contribution in [1.82, 2.24) is 5.32 Å². The highest BCUT2D eigenvalue weighted by Crippen LogP contribution is 2.27. The van der Waals surface area contributed by atoms with Crippen molar-refractivity contribution in [3.05, 3.63) is 29.8 Å². The van der Waals surface area contributed by atoms with E-state index in [1.165, 1.54) is 17.7 Å². The van der Waals surface area contributed by atoms with Crippen molar-refractivity contribution >= 4 is 5.69 Å². The van der Waals surface area contributed by atoms with E-state index in [1.807, 2.05) is 0 Å². The van der Waals surface area contributed by atoms with Gasteiger partial charge in [0.15, 0.2) is 0 Å². The van der Waals surface area contributed by atoms with Crippen molar-refractivity contribution in [1.29, 1.82) is 0 Å². The maximum Gasteiger partial charge on any atom is 0.0733 e. The van der Waals surface area contributed by atoms with E-state index >= 15 is 0 Å². The Balaban J connectivity index is 2.22. The van der Waals surface area contributed by atoms with E-state index in [9.17, 15) is 0 Å². The van der Waals surface area contributed by atoms with Gasteiger partial charge in [0.2, 0.25) is 0 Å². The molecule has 2 rings (SSSR count). The van der Waals surface area contributed by atoms with Gasteiger partial charge >= 0.3 is 0 Å². The van der Waals surface area contributed by atoms with Crippen LogP contribution in [0.3, 0.4) is 0 Å². The number of anilines is 1. The summed E-state index contributed by atoms with van der Waals surface area (Å²) in [6.07, 6.45) is 1.19. The maximum absolute atomic E-state index is 5.34. The number of methoxy groups -OCH3 is 1. The summed E-state index contributed by atoms with van der Waals surface area (Å²) >= 11 is 0. The van der Waals surface area contributed by atoms with Gasteiger partial charge in [-0.2, -0.15) is 0 Å². The van der Waals surface area contributed by atoms with Gasteiger partial charge in [0.1, 0.15) is 0 Å². The molecule has 0 bridgehead atoms. The van der Waals surface area contributed by atoms with Crippen molar-refractivity contribution in [2.45, 2.75) is 39.8 Å². The van der Waals surface area contributed by atoms with Crippen molar-refractivity contribution < 1.29 is 4.74 Å². The Bertz CT molecular complexity index is 425. The SMILES string of the molecule is COCc1ccccc1N1CCCNC(C(C)(C)C)C1. The van der Waals surface area contributed by atoms with Crippen LogP contribution in [0, 0.1) is 5.41 Å². The minimum atomic E-state index is 0.277. The molecule has 0 saturated carbocycles. The minimum absolute atomic E-state index is 0.277. The highest BCUT2D eigenvalue weighted by atomic mass is 16.5. The van der Waals surface area contributed by atoms with Gasteiger partial charge in [-0.1, -0.05) is 39.0 Å². The second kappa shape index (κ2) is 6.59. The molecule has 20 heavy (non-hydrogen) atoms. The molecule has 3 nitrogen and oxygen atoms in total. The second-order valence-corrected chi connectivity index (χ2v) is 6.73. The summed E-state index contributed by atoms with van der Waals surface area (Å²) in [5.41, 5.74) is 2.88. The molecule has 1 aromatic rings. The zero-order chi connectivity index (χ0) is 14.6. The average molecular weight is 276 g/mol. The van der Waals surface area contributed by atoms with Crippen LogP contribution in [-0.2, 0) is 11.3 Å². The summed E-state index contributed by atoms with van der Waals surface area (Å²) < 4.78 is 5.34. The summed E-state index contributed by atoms with van der Waals surface area (Å²) in [6, 6.07) is 9.12. The number of ether oxygens (including phenoxy) is 1. The van der Waals surface area contributed by atoms with Gasteiger partial charge in [-0.15, -0.1) is 0 Å². The summed E-state index contributed by atoms with van der Waals surface area (Å²) in [7, 11) is 1.76. The predicted molar refractivity (Wildman–Crippen MR) is 85.2 cm³/mol. The third-order valence-corrected chi connectivity index (χ3v) is 4.08. The summed E-state index contributed by atoms with van der Waals surface area (Å²) in [6.45, 7) is 10.9. The quantitative estimate of drug-likeness (QED) is 0.918. The van der Waals surface area contributed by atoms with Gasteiger partial charge in [0, 0.05) is 37.5 Å². The smallest absolute Gasteiger partial charge is 0.0733 e. The fourth-order valence-corrected chi connectivity index (χ4v) is 2.82. The van der Waals surface area contributed by atoms with Crippen LogP contribution in [0.5, 0.6) is 0 Å². The first-order valence-electron chi connectivity index (χ1n) is 7.57. The molecular weight excluding hydrogens is 248 g/mol. The molecule has 0 aromatic heterocycles. The molecule has 1 unspecified atom stereocenters. The number of nitrogens with zero attached hydrogens (tertiary/aromatic N) is 1. The van der Waals surface area contributed by atoms with Crippen LogP contribution < -0.4 is 10.2 Å². The molecule has 1 saturated heterocycles. The Morgan fingerprint density at radius 2 is 2.05 bits per heavy atom. The van der Waals surface area contributed by atoms with Gasteiger partial charge in [-0.25, -0.2) is 0 Å². The molecule has 1 aromatic carbocycles. The van der Waals surface area contributed by atoms with E-state index in [0.717, 1.165) is 19.6 Å². The van der Waals surface area contributed by atoms with E-state index in [-0.39, 0.29) is 5.41 Å². The standard InChI is InChI=1S/C17H28N2O/c1-17(2,3)16-12-19(11-7-10-18-16)15-9-6-5-8-14(15)13-20-4/h5-6,8-9,16,18H,7,10-13H2,1-4H3. The Kier molecular flexibility index (Phi) is 5.06. The molecule has 1 atom stereocenters. The van der Waals surface area contributed by atoms with E-state index in [4.69, 9.17) is 4.74 Å². The topological polar surface area (TPSA) is 24.5 Å². The van der Waals surface area contributed by atoms with E-state index in [0.29, 0.717) is 12.6 Å². The van der Waals surface area contributed by atoms with Crippen LogP contribution in [-0.4, -0.2) is 32.8 Å².